The molecular formula is C26H21N3O3. The lowest BCUT2D eigenvalue weighted by molar-refractivity contribution is 0.102. The Morgan fingerprint density at radius 2 is 1.75 bits per heavy atom. The Labute approximate surface area is 185 Å². The number of nitrogens with one attached hydrogen (secondary N) is 1. The highest BCUT2D eigenvalue weighted by molar-refractivity contribution is 6.12. The third-order valence-corrected chi connectivity index (χ3v) is 5.27. The van der Waals surface area contributed by atoms with E-state index in [2.05, 4.69) is 11.4 Å². The molecule has 6 nitrogen and oxygen atoms in total. The lowest BCUT2D eigenvalue weighted by Crippen LogP contribution is -2.22. The van der Waals surface area contributed by atoms with Crippen LogP contribution >= 0.6 is 0 Å². The molecule has 32 heavy (non-hydrogen) atoms. The van der Waals surface area contributed by atoms with E-state index in [0.29, 0.717) is 34.3 Å². The van der Waals surface area contributed by atoms with Gasteiger partial charge >= 0.3 is 0 Å². The molecule has 4 aromatic rings. The number of amides is 1. The Kier molecular flexibility index (Phi) is 6.00. The molecule has 0 fully saturated rings. The summed E-state index contributed by atoms with van der Waals surface area (Å²) in [5.41, 5.74) is 3.12. The number of rotatable bonds is 6. The van der Waals surface area contributed by atoms with E-state index < -0.39 is 0 Å². The monoisotopic (exact) mass is 423 g/mol. The number of aromatic nitrogens is 1. The van der Waals surface area contributed by atoms with Gasteiger partial charge in [0.25, 0.3) is 11.5 Å². The van der Waals surface area contributed by atoms with Crippen molar-refractivity contribution in [1.29, 1.82) is 5.26 Å². The third-order valence-electron chi connectivity index (χ3n) is 5.27. The van der Waals surface area contributed by atoms with Crippen LogP contribution in [0.25, 0.3) is 10.9 Å². The molecule has 3 aromatic carbocycles. The van der Waals surface area contributed by atoms with Crippen molar-refractivity contribution in [2.45, 2.75) is 13.0 Å². The zero-order chi connectivity index (χ0) is 22.5. The molecule has 0 bridgehead atoms. The van der Waals surface area contributed by atoms with Crippen LogP contribution in [0.2, 0.25) is 0 Å². The minimum atomic E-state index is -0.354. The van der Waals surface area contributed by atoms with Gasteiger partial charge in [0.2, 0.25) is 0 Å². The Bertz CT molecular complexity index is 1380. The summed E-state index contributed by atoms with van der Waals surface area (Å²) in [6, 6.07) is 25.5. The molecular weight excluding hydrogens is 402 g/mol. The molecule has 0 saturated carbocycles. The second-order valence-electron chi connectivity index (χ2n) is 7.35. The van der Waals surface area contributed by atoms with E-state index in [9.17, 15) is 9.59 Å². The first kappa shape index (κ1) is 20.9. The predicted octanol–water partition coefficient (Wildman–Crippen LogP) is 4.44. The van der Waals surface area contributed by atoms with Crippen molar-refractivity contribution >= 4 is 22.5 Å². The van der Waals surface area contributed by atoms with E-state index >= 15 is 0 Å². The van der Waals surface area contributed by atoms with Crippen LogP contribution in [0.1, 0.15) is 21.5 Å². The van der Waals surface area contributed by atoms with Gasteiger partial charge in [0.1, 0.15) is 12.4 Å². The first-order chi connectivity index (χ1) is 15.6. The molecule has 158 valence electrons. The standard InChI is InChI=1S/C26H21N3O3/c1-29-24-9-5-3-7-21(24)22(16-25(29)30)26(31)28-23-8-4-2-6-19(23)17-32-20-12-10-18(11-13-20)14-15-27/h2-13,16H,14,17H2,1H3,(H,28,31). The van der Waals surface area contributed by atoms with Crippen LogP contribution in [0.4, 0.5) is 5.69 Å². The average molecular weight is 423 g/mol. The number of pyridine rings is 1. The van der Waals surface area contributed by atoms with Gasteiger partial charge in [-0.15, -0.1) is 0 Å². The minimum absolute atomic E-state index is 0.245. The van der Waals surface area contributed by atoms with Crippen molar-refractivity contribution in [3.05, 3.63) is 106 Å². The maximum atomic E-state index is 13.1. The summed E-state index contributed by atoms with van der Waals surface area (Å²) < 4.78 is 7.39. The van der Waals surface area contributed by atoms with Gasteiger partial charge in [-0.2, -0.15) is 5.26 Å². The first-order valence-electron chi connectivity index (χ1n) is 10.1. The van der Waals surface area contributed by atoms with Crippen LogP contribution in [0, 0.1) is 11.3 Å². The van der Waals surface area contributed by atoms with Gasteiger partial charge in [0, 0.05) is 29.8 Å². The third kappa shape index (κ3) is 4.37. The molecule has 0 saturated heterocycles. The molecule has 0 unspecified atom stereocenters. The summed E-state index contributed by atoms with van der Waals surface area (Å²) in [6.45, 7) is 0.255. The molecule has 4 rings (SSSR count). The van der Waals surface area contributed by atoms with E-state index in [1.54, 1.807) is 13.1 Å². The van der Waals surface area contributed by atoms with Gasteiger partial charge in [-0.3, -0.25) is 9.59 Å². The van der Waals surface area contributed by atoms with E-state index in [-0.39, 0.29) is 18.1 Å². The van der Waals surface area contributed by atoms with E-state index in [1.165, 1.54) is 10.6 Å². The topological polar surface area (TPSA) is 84.1 Å². The molecule has 1 heterocycles. The summed E-state index contributed by atoms with van der Waals surface area (Å²) >= 11 is 0. The predicted molar refractivity (Wildman–Crippen MR) is 124 cm³/mol. The molecule has 0 aliphatic rings. The number of nitrogens with zero attached hydrogens (tertiary/aromatic N) is 2. The Balaban J connectivity index is 1.55. The summed E-state index contributed by atoms with van der Waals surface area (Å²) in [4.78, 5) is 25.4. The Morgan fingerprint density at radius 1 is 1.03 bits per heavy atom. The lowest BCUT2D eigenvalue weighted by Gasteiger charge is -2.14. The quantitative estimate of drug-likeness (QED) is 0.497. The summed E-state index contributed by atoms with van der Waals surface area (Å²) in [6.07, 6.45) is 0.354. The normalized spacial score (nSPS) is 10.5. The second-order valence-corrected chi connectivity index (χ2v) is 7.35. The van der Waals surface area contributed by atoms with Gasteiger partial charge in [0.15, 0.2) is 0 Å². The van der Waals surface area contributed by atoms with E-state index in [1.807, 2.05) is 66.7 Å². The number of fused-ring (bicyclic) bond motifs is 1. The maximum Gasteiger partial charge on any atom is 0.256 e. The molecule has 0 aliphatic carbocycles. The van der Waals surface area contributed by atoms with Crippen molar-refractivity contribution in [2.24, 2.45) is 7.05 Å². The number of anilines is 1. The fourth-order valence-corrected chi connectivity index (χ4v) is 3.51. The highest BCUT2D eigenvalue weighted by Crippen LogP contribution is 2.22. The minimum Gasteiger partial charge on any atom is -0.489 e. The van der Waals surface area contributed by atoms with Crippen LogP contribution in [0.5, 0.6) is 5.75 Å². The zero-order valence-electron chi connectivity index (χ0n) is 17.5. The fourth-order valence-electron chi connectivity index (χ4n) is 3.51. The van der Waals surface area contributed by atoms with E-state index in [0.717, 1.165) is 11.1 Å². The molecule has 1 aromatic heterocycles. The fraction of sp³-hybridized carbons (Fsp3) is 0.115. The van der Waals surface area contributed by atoms with Crippen molar-refractivity contribution in [3.63, 3.8) is 0 Å². The Morgan fingerprint density at radius 3 is 2.53 bits per heavy atom. The molecule has 1 N–H and O–H groups in total. The molecule has 0 aliphatic heterocycles. The Hall–Kier alpha value is -4.37. The maximum absolute atomic E-state index is 13.1. The number of hydrogen-bond donors (Lipinski definition) is 1. The van der Waals surface area contributed by atoms with Crippen LogP contribution in [-0.4, -0.2) is 10.5 Å². The number of benzene rings is 3. The molecule has 6 heteroatoms. The number of nitriles is 1. The average Bonchev–Trinajstić information content (AvgIpc) is 2.82. The van der Waals surface area contributed by atoms with Crippen LogP contribution < -0.4 is 15.6 Å². The number of aryl methyl sites for hydroxylation is 1. The van der Waals surface area contributed by atoms with Crippen molar-refractivity contribution < 1.29 is 9.53 Å². The highest BCUT2D eigenvalue weighted by atomic mass is 16.5. The van der Waals surface area contributed by atoms with Crippen molar-refractivity contribution in [1.82, 2.24) is 4.57 Å². The zero-order valence-corrected chi connectivity index (χ0v) is 17.5. The van der Waals surface area contributed by atoms with Gasteiger partial charge in [-0.05, 0) is 29.8 Å². The molecule has 0 spiro atoms. The van der Waals surface area contributed by atoms with Gasteiger partial charge in [-0.1, -0.05) is 48.5 Å². The summed E-state index contributed by atoms with van der Waals surface area (Å²) in [7, 11) is 1.69. The largest absolute Gasteiger partial charge is 0.489 e. The van der Waals surface area contributed by atoms with Gasteiger partial charge < -0.3 is 14.6 Å². The summed E-state index contributed by atoms with van der Waals surface area (Å²) in [5, 5.41) is 12.4. The van der Waals surface area contributed by atoms with Gasteiger partial charge in [-0.25, -0.2) is 0 Å². The number of carbonyl (C=O) groups is 1. The second kappa shape index (κ2) is 9.19. The number of carbonyl (C=O) groups excluding carboxylic acids is 1. The number of ether oxygens (including phenoxy) is 1. The molecule has 0 atom stereocenters. The summed E-state index contributed by atoms with van der Waals surface area (Å²) in [5.74, 6) is 0.317. The van der Waals surface area contributed by atoms with E-state index in [4.69, 9.17) is 10.00 Å². The number of para-hydroxylation sites is 2. The van der Waals surface area contributed by atoms with Gasteiger partial charge in [0.05, 0.1) is 23.6 Å². The van der Waals surface area contributed by atoms with Crippen LogP contribution in [-0.2, 0) is 20.1 Å². The first-order valence-corrected chi connectivity index (χ1v) is 10.1. The smallest absolute Gasteiger partial charge is 0.256 e. The van der Waals surface area contributed by atoms with Crippen LogP contribution in [0.15, 0.2) is 83.7 Å². The molecule has 0 radical (unpaired) electrons. The highest BCUT2D eigenvalue weighted by Gasteiger charge is 2.15. The SMILES string of the molecule is Cn1c(=O)cc(C(=O)Nc2ccccc2COc2ccc(CC#N)cc2)c2ccccc21. The van der Waals surface area contributed by atoms with Crippen LogP contribution in [0.3, 0.4) is 0 Å². The molecule has 1 amide bonds. The van der Waals surface area contributed by atoms with Crippen molar-refractivity contribution in [3.8, 4) is 11.8 Å². The lowest BCUT2D eigenvalue weighted by atomic mass is 10.1. The number of hydrogen-bond acceptors (Lipinski definition) is 4. The van der Waals surface area contributed by atoms with Crippen molar-refractivity contribution in [2.75, 3.05) is 5.32 Å².